The van der Waals surface area contributed by atoms with Crippen molar-refractivity contribution in [3.63, 3.8) is 0 Å². The predicted molar refractivity (Wildman–Crippen MR) is 62.8 cm³/mol. The van der Waals surface area contributed by atoms with E-state index in [2.05, 4.69) is 4.72 Å². The Balaban J connectivity index is 2.45. The summed E-state index contributed by atoms with van der Waals surface area (Å²) in [5.74, 6) is 0. The third-order valence-electron chi connectivity index (χ3n) is 1.77. The van der Waals surface area contributed by atoms with Crippen molar-refractivity contribution in [2.75, 3.05) is 11.8 Å². The van der Waals surface area contributed by atoms with Gasteiger partial charge in [-0.25, -0.2) is 13.1 Å². The number of hydrogen-bond donors (Lipinski definition) is 1. The molecule has 0 aliphatic carbocycles. The van der Waals surface area contributed by atoms with Gasteiger partial charge >= 0.3 is 0 Å². The van der Waals surface area contributed by atoms with Gasteiger partial charge in [-0.15, -0.1) is 11.6 Å². The fourth-order valence-electron chi connectivity index (χ4n) is 1.08. The van der Waals surface area contributed by atoms with Crippen molar-refractivity contribution in [2.24, 2.45) is 0 Å². The van der Waals surface area contributed by atoms with Crippen LogP contribution in [0.2, 0.25) is 5.02 Å². The number of alkyl halides is 1. The second-order valence-corrected chi connectivity index (χ2v) is 5.83. The summed E-state index contributed by atoms with van der Waals surface area (Å²) in [5, 5.41) is 0.232. The molecule has 0 unspecified atom stereocenters. The minimum Gasteiger partial charge on any atom is -0.214 e. The number of benzene rings is 1. The summed E-state index contributed by atoms with van der Waals surface area (Å²) in [7, 11) is -3.32. The summed E-state index contributed by atoms with van der Waals surface area (Å²) in [6, 6.07) is 7.29. The molecule has 0 saturated heterocycles. The van der Waals surface area contributed by atoms with Gasteiger partial charge in [-0.05, 0) is 24.1 Å². The van der Waals surface area contributed by atoms with Crippen LogP contribution in [0, 0.1) is 0 Å². The van der Waals surface area contributed by atoms with Crippen LogP contribution in [0.1, 0.15) is 5.56 Å². The van der Waals surface area contributed by atoms with Crippen molar-refractivity contribution in [3.05, 3.63) is 34.9 Å². The zero-order chi connectivity index (χ0) is 11.3. The lowest BCUT2D eigenvalue weighted by atomic mass is 10.2. The van der Waals surface area contributed by atoms with Gasteiger partial charge in [0.1, 0.15) is 5.21 Å². The first-order valence-electron chi connectivity index (χ1n) is 4.31. The van der Waals surface area contributed by atoms with Crippen molar-refractivity contribution < 1.29 is 8.42 Å². The van der Waals surface area contributed by atoms with Crippen molar-refractivity contribution in [1.82, 2.24) is 4.72 Å². The zero-order valence-corrected chi connectivity index (χ0v) is 10.2. The SMILES string of the molecule is O=S(=O)(CCl)NCCc1cccc(Cl)c1. The highest BCUT2D eigenvalue weighted by Crippen LogP contribution is 2.10. The normalized spacial score (nSPS) is 11.6. The van der Waals surface area contributed by atoms with Gasteiger partial charge in [0.2, 0.25) is 10.0 Å². The molecule has 0 spiro atoms. The largest absolute Gasteiger partial charge is 0.225 e. The number of rotatable bonds is 5. The maximum atomic E-state index is 11.0. The van der Waals surface area contributed by atoms with Crippen LogP contribution in [0.5, 0.6) is 0 Å². The fourth-order valence-corrected chi connectivity index (χ4v) is 2.02. The summed E-state index contributed by atoms with van der Waals surface area (Å²) in [5.41, 5.74) is 0.986. The lowest BCUT2D eigenvalue weighted by molar-refractivity contribution is 0.586. The minimum absolute atomic E-state index is 0.329. The molecule has 0 radical (unpaired) electrons. The van der Waals surface area contributed by atoms with Gasteiger partial charge < -0.3 is 0 Å². The van der Waals surface area contributed by atoms with Crippen molar-refractivity contribution in [2.45, 2.75) is 6.42 Å². The van der Waals surface area contributed by atoms with Crippen LogP contribution in [0.15, 0.2) is 24.3 Å². The first kappa shape index (κ1) is 12.8. The number of hydrogen-bond acceptors (Lipinski definition) is 2. The third-order valence-corrected chi connectivity index (χ3v) is 3.80. The molecule has 0 aliphatic rings. The third kappa shape index (κ3) is 4.84. The fraction of sp³-hybridized carbons (Fsp3) is 0.333. The van der Waals surface area contributed by atoms with Gasteiger partial charge in [-0.2, -0.15) is 0 Å². The Morgan fingerprint density at radius 3 is 2.67 bits per heavy atom. The molecule has 1 N–H and O–H groups in total. The van der Waals surface area contributed by atoms with Crippen molar-refractivity contribution in [3.8, 4) is 0 Å². The van der Waals surface area contributed by atoms with E-state index in [1.807, 2.05) is 12.1 Å². The van der Waals surface area contributed by atoms with E-state index in [0.717, 1.165) is 5.56 Å². The van der Waals surface area contributed by atoms with Crippen LogP contribution < -0.4 is 4.72 Å². The van der Waals surface area contributed by atoms with E-state index in [0.29, 0.717) is 18.0 Å². The second kappa shape index (κ2) is 5.70. The molecule has 3 nitrogen and oxygen atoms in total. The lowest BCUT2D eigenvalue weighted by Crippen LogP contribution is -2.26. The maximum absolute atomic E-state index is 11.0. The molecule has 6 heteroatoms. The highest BCUT2D eigenvalue weighted by Gasteiger charge is 2.06. The van der Waals surface area contributed by atoms with Crippen LogP contribution in [-0.2, 0) is 16.4 Å². The van der Waals surface area contributed by atoms with Crippen LogP contribution in [0.25, 0.3) is 0 Å². The molecule has 0 amide bonds. The number of sulfonamides is 1. The molecule has 1 rings (SSSR count). The molecule has 84 valence electrons. The summed E-state index contributed by atoms with van der Waals surface area (Å²) in [4.78, 5) is 0. The number of nitrogens with one attached hydrogen (secondary N) is 1. The highest BCUT2D eigenvalue weighted by molar-refractivity contribution is 7.90. The van der Waals surface area contributed by atoms with E-state index in [1.54, 1.807) is 12.1 Å². The van der Waals surface area contributed by atoms with Crippen molar-refractivity contribution in [1.29, 1.82) is 0 Å². The van der Waals surface area contributed by atoms with Gasteiger partial charge in [0, 0.05) is 11.6 Å². The van der Waals surface area contributed by atoms with Crippen LogP contribution >= 0.6 is 23.2 Å². The molecule has 1 aromatic rings. The monoisotopic (exact) mass is 267 g/mol. The van der Waals surface area contributed by atoms with Gasteiger partial charge in [0.25, 0.3) is 0 Å². The zero-order valence-electron chi connectivity index (χ0n) is 7.91. The lowest BCUT2D eigenvalue weighted by Gasteiger charge is -2.03. The molecular weight excluding hydrogens is 257 g/mol. The molecule has 0 atom stereocenters. The highest BCUT2D eigenvalue weighted by atomic mass is 35.5. The first-order chi connectivity index (χ1) is 7.03. The Labute approximate surface area is 99.4 Å². The molecule has 0 aromatic heterocycles. The van der Waals surface area contributed by atoms with Gasteiger partial charge in [0.05, 0.1) is 0 Å². The minimum atomic E-state index is -3.32. The Kier molecular flexibility index (Phi) is 4.86. The predicted octanol–water partition coefficient (Wildman–Crippen LogP) is 2.00. The average Bonchev–Trinajstić information content (AvgIpc) is 2.18. The molecule has 0 bridgehead atoms. The Hall–Kier alpha value is -0.290. The van der Waals surface area contributed by atoms with Gasteiger partial charge in [-0.3, -0.25) is 0 Å². The van der Waals surface area contributed by atoms with E-state index in [1.165, 1.54) is 0 Å². The smallest absolute Gasteiger partial charge is 0.214 e. The van der Waals surface area contributed by atoms with E-state index in [4.69, 9.17) is 23.2 Å². The average molecular weight is 268 g/mol. The van der Waals surface area contributed by atoms with E-state index in [9.17, 15) is 8.42 Å². The molecule has 0 aliphatic heterocycles. The standard InChI is InChI=1S/C9H11Cl2NO2S/c10-7-15(13,14)12-5-4-8-2-1-3-9(11)6-8/h1-3,6,12H,4-5,7H2. The van der Waals surface area contributed by atoms with Crippen LogP contribution in [0.4, 0.5) is 0 Å². The van der Waals surface area contributed by atoms with E-state index >= 15 is 0 Å². The van der Waals surface area contributed by atoms with E-state index in [-0.39, 0.29) is 0 Å². The topological polar surface area (TPSA) is 46.2 Å². The molecular formula is C9H11Cl2NO2S. The molecule has 0 saturated carbocycles. The Morgan fingerprint density at radius 2 is 2.07 bits per heavy atom. The molecule has 1 aromatic carbocycles. The maximum Gasteiger partial charge on any atom is 0.225 e. The van der Waals surface area contributed by atoms with Gasteiger partial charge in [-0.1, -0.05) is 23.7 Å². The van der Waals surface area contributed by atoms with Crippen LogP contribution in [-0.4, -0.2) is 20.2 Å². The van der Waals surface area contributed by atoms with Gasteiger partial charge in [0.15, 0.2) is 0 Å². The summed E-state index contributed by atoms with van der Waals surface area (Å²) < 4.78 is 24.3. The summed E-state index contributed by atoms with van der Waals surface area (Å²) in [6.45, 7) is 0.329. The summed E-state index contributed by atoms with van der Waals surface area (Å²) >= 11 is 11.0. The Morgan fingerprint density at radius 1 is 1.33 bits per heavy atom. The van der Waals surface area contributed by atoms with Crippen LogP contribution in [0.3, 0.4) is 0 Å². The first-order valence-corrected chi connectivity index (χ1v) is 6.88. The second-order valence-electron chi connectivity index (χ2n) is 3.00. The molecule has 0 fully saturated rings. The van der Waals surface area contributed by atoms with Crippen molar-refractivity contribution >= 4 is 33.2 Å². The number of halogens is 2. The molecule has 15 heavy (non-hydrogen) atoms. The van der Waals surface area contributed by atoms with E-state index < -0.39 is 15.2 Å². The Bertz CT molecular complexity index is 420. The quantitative estimate of drug-likeness (QED) is 0.830. The molecule has 0 heterocycles. The summed E-state index contributed by atoms with van der Waals surface area (Å²) in [6.07, 6.45) is 0.594.